The van der Waals surface area contributed by atoms with Gasteiger partial charge < -0.3 is 15.6 Å². The van der Waals surface area contributed by atoms with Gasteiger partial charge in [0, 0.05) is 33.0 Å². The molecule has 35 heavy (non-hydrogen) atoms. The first kappa shape index (κ1) is 23.1. The third-order valence-corrected chi connectivity index (χ3v) is 7.02. The SMILES string of the molecule is O=C(CC1S/C(=N/N=C/c2c(-c3ccccc3)[nH]c3ccccc23)NC1=O)Nc1ccc(Br)cc1. The minimum atomic E-state index is -0.563. The summed E-state index contributed by atoms with van der Waals surface area (Å²) in [5.74, 6) is -0.497. The number of halogens is 1. The van der Waals surface area contributed by atoms with Gasteiger partial charge in [-0.25, -0.2) is 0 Å². The van der Waals surface area contributed by atoms with E-state index in [-0.39, 0.29) is 18.2 Å². The number of benzene rings is 3. The molecule has 0 bridgehead atoms. The number of aromatic amines is 1. The van der Waals surface area contributed by atoms with Crippen molar-refractivity contribution in [1.29, 1.82) is 0 Å². The molecule has 174 valence electrons. The molecule has 4 aromatic rings. The van der Waals surface area contributed by atoms with Crippen molar-refractivity contribution in [3.05, 3.63) is 88.9 Å². The molecule has 1 saturated heterocycles. The highest BCUT2D eigenvalue weighted by Crippen LogP contribution is 2.29. The van der Waals surface area contributed by atoms with Crippen molar-refractivity contribution in [3.63, 3.8) is 0 Å². The van der Waals surface area contributed by atoms with Crippen LogP contribution in [-0.4, -0.2) is 33.4 Å². The number of amides is 2. The highest BCUT2D eigenvalue weighted by molar-refractivity contribution is 9.10. The summed E-state index contributed by atoms with van der Waals surface area (Å²) in [5.41, 5.74) is 4.57. The van der Waals surface area contributed by atoms with Crippen LogP contribution in [0.15, 0.2) is 93.5 Å². The Labute approximate surface area is 214 Å². The second kappa shape index (κ2) is 10.3. The Morgan fingerprint density at radius 1 is 1.03 bits per heavy atom. The molecule has 0 spiro atoms. The van der Waals surface area contributed by atoms with E-state index in [1.54, 1.807) is 18.3 Å². The fourth-order valence-electron chi connectivity index (χ4n) is 3.77. The predicted molar refractivity (Wildman–Crippen MR) is 146 cm³/mol. The molecule has 3 N–H and O–H groups in total. The zero-order valence-corrected chi connectivity index (χ0v) is 20.8. The van der Waals surface area contributed by atoms with Crippen molar-refractivity contribution in [1.82, 2.24) is 10.3 Å². The molecule has 2 heterocycles. The lowest BCUT2D eigenvalue weighted by Crippen LogP contribution is -2.28. The quantitative estimate of drug-likeness (QED) is 0.219. The van der Waals surface area contributed by atoms with Gasteiger partial charge in [0.25, 0.3) is 0 Å². The van der Waals surface area contributed by atoms with Crippen LogP contribution in [0.1, 0.15) is 12.0 Å². The van der Waals surface area contributed by atoms with Crippen molar-refractivity contribution in [2.75, 3.05) is 5.32 Å². The van der Waals surface area contributed by atoms with E-state index in [4.69, 9.17) is 0 Å². The minimum absolute atomic E-state index is 0.0376. The van der Waals surface area contributed by atoms with Crippen molar-refractivity contribution in [2.45, 2.75) is 11.7 Å². The van der Waals surface area contributed by atoms with Gasteiger partial charge in [0.1, 0.15) is 5.25 Å². The number of rotatable bonds is 6. The number of hydrogen-bond acceptors (Lipinski definition) is 5. The fraction of sp³-hybridized carbons (Fsp3) is 0.0769. The van der Waals surface area contributed by atoms with Crippen LogP contribution in [0.25, 0.3) is 22.2 Å². The monoisotopic (exact) mass is 545 g/mol. The number of nitrogens with one attached hydrogen (secondary N) is 3. The maximum atomic E-state index is 12.4. The second-order valence-electron chi connectivity index (χ2n) is 7.83. The molecule has 1 fully saturated rings. The summed E-state index contributed by atoms with van der Waals surface area (Å²) in [6.45, 7) is 0. The molecule has 5 rings (SSSR count). The van der Waals surface area contributed by atoms with Crippen molar-refractivity contribution in [2.24, 2.45) is 10.2 Å². The van der Waals surface area contributed by atoms with Gasteiger partial charge in [0.05, 0.1) is 11.9 Å². The van der Waals surface area contributed by atoms with Crippen molar-refractivity contribution < 1.29 is 9.59 Å². The number of carbonyl (C=O) groups is 2. The smallest absolute Gasteiger partial charge is 0.240 e. The van der Waals surface area contributed by atoms with Gasteiger partial charge >= 0.3 is 0 Å². The van der Waals surface area contributed by atoms with E-state index >= 15 is 0 Å². The number of amidine groups is 1. The van der Waals surface area contributed by atoms with Gasteiger partial charge in [-0.3, -0.25) is 9.59 Å². The average Bonchev–Trinajstić information content (AvgIpc) is 3.41. The molecule has 1 unspecified atom stereocenters. The molecule has 1 aromatic heterocycles. The maximum absolute atomic E-state index is 12.4. The third-order valence-electron chi connectivity index (χ3n) is 5.42. The Bertz CT molecular complexity index is 1450. The van der Waals surface area contributed by atoms with Crippen LogP contribution < -0.4 is 10.6 Å². The number of aromatic nitrogens is 1. The topological polar surface area (TPSA) is 98.7 Å². The summed E-state index contributed by atoms with van der Waals surface area (Å²) in [6, 6.07) is 25.3. The number of fused-ring (bicyclic) bond motifs is 1. The number of thioether (sulfide) groups is 1. The molecule has 0 aliphatic carbocycles. The number of carbonyl (C=O) groups excluding carboxylic acids is 2. The van der Waals surface area contributed by atoms with Crippen LogP contribution in [0.2, 0.25) is 0 Å². The Kier molecular flexibility index (Phi) is 6.78. The first-order valence-electron chi connectivity index (χ1n) is 10.9. The molecule has 1 aliphatic heterocycles. The normalized spacial score (nSPS) is 16.8. The molecule has 3 aromatic carbocycles. The van der Waals surface area contributed by atoms with Gasteiger partial charge in [-0.1, -0.05) is 76.2 Å². The summed E-state index contributed by atoms with van der Waals surface area (Å²) in [6.07, 6.45) is 1.73. The second-order valence-corrected chi connectivity index (χ2v) is 9.94. The van der Waals surface area contributed by atoms with Crippen molar-refractivity contribution in [3.8, 4) is 11.3 Å². The molecule has 0 radical (unpaired) electrons. The van der Waals surface area contributed by atoms with Crippen LogP contribution in [0.3, 0.4) is 0 Å². The van der Waals surface area contributed by atoms with E-state index in [2.05, 4.69) is 41.8 Å². The Morgan fingerprint density at radius 3 is 2.57 bits per heavy atom. The van der Waals surface area contributed by atoms with Crippen LogP contribution in [0.5, 0.6) is 0 Å². The largest absolute Gasteiger partial charge is 0.354 e. The molecule has 2 amide bonds. The summed E-state index contributed by atoms with van der Waals surface area (Å²) < 4.78 is 0.922. The highest BCUT2D eigenvalue weighted by atomic mass is 79.9. The van der Waals surface area contributed by atoms with Crippen LogP contribution in [0.4, 0.5) is 5.69 Å². The first-order valence-corrected chi connectivity index (χ1v) is 12.5. The Balaban J connectivity index is 1.30. The van der Waals surface area contributed by atoms with Gasteiger partial charge in [0.2, 0.25) is 11.8 Å². The Hall–Kier alpha value is -3.69. The average molecular weight is 546 g/mol. The lowest BCUT2D eigenvalue weighted by molar-refractivity contribution is -0.122. The van der Waals surface area contributed by atoms with Gasteiger partial charge in [-0.15, -0.1) is 5.10 Å². The predicted octanol–water partition coefficient (Wildman–Crippen LogP) is 5.55. The zero-order valence-electron chi connectivity index (χ0n) is 18.4. The molecule has 1 aliphatic rings. The molecular formula is C26H20BrN5O2S. The van der Waals surface area contributed by atoms with Gasteiger partial charge in [0.15, 0.2) is 5.17 Å². The lowest BCUT2D eigenvalue weighted by atomic mass is 10.1. The fourth-order valence-corrected chi connectivity index (χ4v) is 4.96. The summed E-state index contributed by atoms with van der Waals surface area (Å²) in [4.78, 5) is 28.2. The van der Waals surface area contributed by atoms with E-state index in [1.165, 1.54) is 11.8 Å². The Morgan fingerprint density at radius 2 is 1.77 bits per heavy atom. The van der Waals surface area contributed by atoms with Gasteiger partial charge in [-0.05, 0) is 35.9 Å². The number of anilines is 1. The molecule has 7 nitrogen and oxygen atoms in total. The van der Waals surface area contributed by atoms with E-state index in [0.717, 1.165) is 32.2 Å². The first-order chi connectivity index (χ1) is 17.1. The van der Waals surface area contributed by atoms with E-state index < -0.39 is 5.25 Å². The van der Waals surface area contributed by atoms with Crippen LogP contribution in [-0.2, 0) is 9.59 Å². The van der Waals surface area contributed by atoms with Crippen molar-refractivity contribution >= 4 is 67.5 Å². The number of hydrogen-bond donors (Lipinski definition) is 3. The summed E-state index contributed by atoms with van der Waals surface area (Å²) >= 11 is 4.56. The summed E-state index contributed by atoms with van der Waals surface area (Å²) in [5, 5.41) is 14.8. The van der Waals surface area contributed by atoms with Gasteiger partial charge in [-0.2, -0.15) is 5.10 Å². The number of nitrogens with zero attached hydrogens (tertiary/aromatic N) is 2. The van der Waals surface area contributed by atoms with Crippen LogP contribution >= 0.6 is 27.7 Å². The minimum Gasteiger partial charge on any atom is -0.354 e. The van der Waals surface area contributed by atoms with E-state index in [1.807, 2.05) is 66.7 Å². The highest BCUT2D eigenvalue weighted by Gasteiger charge is 2.32. The standard InChI is InChI=1S/C26H20BrN5O2S/c27-17-10-12-18(13-11-17)29-23(33)14-22-25(34)31-26(35-22)32-28-15-20-19-8-4-5-9-21(19)30-24(20)16-6-2-1-3-7-16/h1-13,15,22,30H,14H2,(H,29,33)(H,31,32,34)/b28-15+. The summed E-state index contributed by atoms with van der Waals surface area (Å²) in [7, 11) is 0. The number of para-hydroxylation sites is 1. The molecule has 9 heteroatoms. The maximum Gasteiger partial charge on any atom is 0.240 e. The lowest BCUT2D eigenvalue weighted by Gasteiger charge is -2.07. The number of H-pyrrole nitrogens is 1. The molecule has 0 saturated carbocycles. The third kappa shape index (κ3) is 5.36. The molecular weight excluding hydrogens is 526 g/mol. The van der Waals surface area contributed by atoms with E-state index in [0.29, 0.717) is 10.9 Å². The molecule has 1 atom stereocenters. The van der Waals surface area contributed by atoms with E-state index in [9.17, 15) is 9.59 Å². The van der Waals surface area contributed by atoms with Crippen LogP contribution in [0, 0.1) is 0 Å². The zero-order chi connectivity index (χ0) is 24.2.